The summed E-state index contributed by atoms with van der Waals surface area (Å²) in [5.41, 5.74) is 0.156. The van der Waals surface area contributed by atoms with Crippen LogP contribution in [0.4, 0.5) is 5.69 Å². The zero-order valence-corrected chi connectivity index (χ0v) is 12.4. The first-order chi connectivity index (χ1) is 9.13. The molecular weight excluding hydrogens is 260 g/mol. The Bertz CT molecular complexity index is 382. The minimum atomic E-state index is -0.365. The van der Waals surface area contributed by atoms with Crippen molar-refractivity contribution in [1.29, 1.82) is 0 Å². The van der Waals surface area contributed by atoms with Gasteiger partial charge in [0.1, 0.15) is 0 Å². The Morgan fingerprint density at radius 3 is 2.58 bits per heavy atom. The largest absolute Gasteiger partial charge is 0.315 e. The highest BCUT2D eigenvalue weighted by Gasteiger charge is 2.04. The summed E-state index contributed by atoms with van der Waals surface area (Å²) in [6, 6.07) is 7.37. The van der Waals surface area contributed by atoms with Crippen molar-refractivity contribution >= 4 is 17.4 Å². The number of nitro benzene ring substituents is 1. The van der Waals surface area contributed by atoms with E-state index in [2.05, 4.69) is 19.2 Å². The molecule has 0 radical (unpaired) electrons. The number of nitro groups is 1. The van der Waals surface area contributed by atoms with Crippen LogP contribution in [0.1, 0.15) is 33.1 Å². The van der Waals surface area contributed by atoms with Crippen LogP contribution in [0.15, 0.2) is 29.2 Å². The molecule has 0 aromatic heterocycles. The molecule has 4 nitrogen and oxygen atoms in total. The molecule has 5 heteroatoms. The quantitative estimate of drug-likeness (QED) is 0.323. The molecule has 0 bridgehead atoms. The molecule has 1 atom stereocenters. The van der Waals surface area contributed by atoms with Crippen molar-refractivity contribution in [3.05, 3.63) is 34.4 Å². The summed E-state index contributed by atoms with van der Waals surface area (Å²) >= 11 is 1.76. The van der Waals surface area contributed by atoms with E-state index in [1.165, 1.54) is 19.3 Å². The molecule has 19 heavy (non-hydrogen) atoms. The minimum absolute atomic E-state index is 0.156. The van der Waals surface area contributed by atoms with Crippen molar-refractivity contribution in [1.82, 2.24) is 5.32 Å². The molecular formula is C14H22N2O2S. The van der Waals surface area contributed by atoms with E-state index in [-0.39, 0.29) is 10.6 Å². The summed E-state index contributed by atoms with van der Waals surface area (Å²) in [5, 5.41) is 13.9. The smallest absolute Gasteiger partial charge is 0.269 e. The van der Waals surface area contributed by atoms with E-state index < -0.39 is 0 Å². The van der Waals surface area contributed by atoms with E-state index in [9.17, 15) is 10.1 Å². The molecule has 0 spiro atoms. The van der Waals surface area contributed by atoms with Crippen molar-refractivity contribution in [3.63, 3.8) is 0 Å². The van der Waals surface area contributed by atoms with Crippen LogP contribution in [0.25, 0.3) is 0 Å². The third-order valence-corrected chi connectivity index (χ3v) is 4.00. The van der Waals surface area contributed by atoms with Gasteiger partial charge in [-0.2, -0.15) is 0 Å². The van der Waals surface area contributed by atoms with Gasteiger partial charge in [-0.1, -0.05) is 13.3 Å². The summed E-state index contributed by atoms with van der Waals surface area (Å²) in [7, 11) is 0. The lowest BCUT2D eigenvalue weighted by Gasteiger charge is -2.11. The third kappa shape index (κ3) is 6.59. The van der Waals surface area contributed by atoms with Crippen molar-refractivity contribution in [2.75, 3.05) is 12.3 Å². The average Bonchev–Trinajstić information content (AvgIpc) is 2.39. The van der Waals surface area contributed by atoms with Crippen molar-refractivity contribution < 1.29 is 4.92 Å². The molecule has 1 aromatic rings. The number of nitrogens with zero attached hydrogens (tertiary/aromatic N) is 1. The number of unbranched alkanes of at least 4 members (excludes halogenated alkanes) is 1. The van der Waals surface area contributed by atoms with Gasteiger partial charge < -0.3 is 5.32 Å². The van der Waals surface area contributed by atoms with Crippen LogP contribution < -0.4 is 5.32 Å². The second kappa shape index (κ2) is 8.93. The molecule has 0 heterocycles. The van der Waals surface area contributed by atoms with E-state index in [1.807, 2.05) is 12.1 Å². The summed E-state index contributed by atoms with van der Waals surface area (Å²) < 4.78 is 0. The van der Waals surface area contributed by atoms with Gasteiger partial charge >= 0.3 is 0 Å². The van der Waals surface area contributed by atoms with Gasteiger partial charge in [-0.05, 0) is 44.2 Å². The molecule has 0 aliphatic rings. The lowest BCUT2D eigenvalue weighted by molar-refractivity contribution is -0.384. The molecule has 0 saturated heterocycles. The maximum absolute atomic E-state index is 10.5. The minimum Gasteiger partial charge on any atom is -0.315 e. The van der Waals surface area contributed by atoms with Gasteiger partial charge in [0.2, 0.25) is 0 Å². The van der Waals surface area contributed by atoms with Crippen LogP contribution in [-0.4, -0.2) is 23.3 Å². The van der Waals surface area contributed by atoms with Crippen LogP contribution in [0.2, 0.25) is 0 Å². The molecule has 0 aliphatic carbocycles. The Kier molecular flexibility index (Phi) is 7.52. The fourth-order valence-electron chi connectivity index (χ4n) is 1.86. The average molecular weight is 282 g/mol. The summed E-state index contributed by atoms with van der Waals surface area (Å²) in [5.74, 6) is 1.07. The fourth-order valence-corrected chi connectivity index (χ4v) is 2.77. The van der Waals surface area contributed by atoms with Crippen LogP contribution in [-0.2, 0) is 0 Å². The Balaban J connectivity index is 2.17. The van der Waals surface area contributed by atoms with E-state index in [0.29, 0.717) is 6.04 Å². The van der Waals surface area contributed by atoms with Crippen LogP contribution in [0, 0.1) is 10.1 Å². The monoisotopic (exact) mass is 282 g/mol. The van der Waals surface area contributed by atoms with E-state index in [1.54, 1.807) is 23.9 Å². The van der Waals surface area contributed by atoms with Crippen molar-refractivity contribution in [2.24, 2.45) is 0 Å². The number of non-ortho nitro benzene ring substituents is 1. The Hall–Kier alpha value is -1.07. The van der Waals surface area contributed by atoms with Gasteiger partial charge in [-0.25, -0.2) is 0 Å². The van der Waals surface area contributed by atoms with Crippen molar-refractivity contribution in [3.8, 4) is 0 Å². The Labute approximate surface area is 119 Å². The second-order valence-corrected chi connectivity index (χ2v) is 5.72. The maximum Gasteiger partial charge on any atom is 0.269 e. The predicted octanol–water partition coefficient (Wildman–Crippen LogP) is 3.86. The molecule has 1 rings (SSSR count). The number of benzene rings is 1. The number of thioether (sulfide) groups is 1. The predicted molar refractivity (Wildman–Crippen MR) is 80.8 cm³/mol. The molecule has 0 amide bonds. The first-order valence-corrected chi connectivity index (χ1v) is 7.72. The highest BCUT2D eigenvalue weighted by molar-refractivity contribution is 7.99. The van der Waals surface area contributed by atoms with Gasteiger partial charge in [0, 0.05) is 23.1 Å². The highest BCUT2D eigenvalue weighted by atomic mass is 32.2. The first-order valence-electron chi connectivity index (χ1n) is 6.74. The standard InChI is InChI=1S/C14H22N2O2S/c1-3-15-12(2)6-4-5-11-19-14-9-7-13(8-10-14)16(17)18/h7-10,12,15H,3-6,11H2,1-2H3. The number of rotatable bonds is 9. The lowest BCUT2D eigenvalue weighted by atomic mass is 10.1. The van der Waals surface area contributed by atoms with E-state index >= 15 is 0 Å². The maximum atomic E-state index is 10.5. The topological polar surface area (TPSA) is 55.2 Å². The molecule has 106 valence electrons. The van der Waals surface area contributed by atoms with Crippen LogP contribution >= 0.6 is 11.8 Å². The summed E-state index contributed by atoms with van der Waals surface area (Å²) in [4.78, 5) is 11.3. The van der Waals surface area contributed by atoms with Gasteiger partial charge in [0.05, 0.1) is 4.92 Å². The summed E-state index contributed by atoms with van der Waals surface area (Å²) in [6.07, 6.45) is 3.60. The molecule has 1 aromatic carbocycles. The molecule has 0 saturated carbocycles. The van der Waals surface area contributed by atoms with Crippen LogP contribution in [0.3, 0.4) is 0 Å². The Morgan fingerprint density at radius 1 is 1.32 bits per heavy atom. The molecule has 0 aliphatic heterocycles. The highest BCUT2D eigenvalue weighted by Crippen LogP contribution is 2.22. The summed E-state index contributed by atoms with van der Waals surface area (Å²) in [6.45, 7) is 5.37. The normalized spacial score (nSPS) is 12.3. The number of hydrogen-bond donors (Lipinski definition) is 1. The van der Waals surface area contributed by atoms with Crippen LogP contribution in [0.5, 0.6) is 0 Å². The van der Waals surface area contributed by atoms with Gasteiger partial charge in [-0.3, -0.25) is 10.1 Å². The van der Waals surface area contributed by atoms with Gasteiger partial charge in [0.25, 0.3) is 5.69 Å². The molecule has 0 fully saturated rings. The Morgan fingerprint density at radius 2 is 2.00 bits per heavy atom. The number of nitrogens with one attached hydrogen (secondary N) is 1. The lowest BCUT2D eigenvalue weighted by Crippen LogP contribution is -2.25. The SMILES string of the molecule is CCNC(C)CCCCSc1ccc([N+](=O)[O-])cc1. The molecule has 1 unspecified atom stereocenters. The third-order valence-electron chi connectivity index (χ3n) is 2.90. The number of hydrogen-bond acceptors (Lipinski definition) is 4. The second-order valence-electron chi connectivity index (χ2n) is 4.55. The first kappa shape index (κ1) is 16.0. The van der Waals surface area contributed by atoms with E-state index in [0.717, 1.165) is 17.2 Å². The zero-order valence-electron chi connectivity index (χ0n) is 11.6. The van der Waals surface area contributed by atoms with Crippen molar-refractivity contribution in [2.45, 2.75) is 44.0 Å². The zero-order chi connectivity index (χ0) is 14.1. The van der Waals surface area contributed by atoms with Gasteiger partial charge in [0.15, 0.2) is 0 Å². The van der Waals surface area contributed by atoms with E-state index in [4.69, 9.17) is 0 Å². The fraction of sp³-hybridized carbons (Fsp3) is 0.571. The van der Waals surface area contributed by atoms with Gasteiger partial charge in [-0.15, -0.1) is 11.8 Å². The molecule has 1 N–H and O–H groups in total.